The molecule has 0 amide bonds. The van der Waals surface area contributed by atoms with E-state index >= 15 is 0 Å². The summed E-state index contributed by atoms with van der Waals surface area (Å²) >= 11 is 0.317. The zero-order valence-corrected chi connectivity index (χ0v) is 14.3. The minimum absolute atomic E-state index is 0.317. The zero-order chi connectivity index (χ0) is 12.9. The van der Waals surface area contributed by atoms with Gasteiger partial charge in [0.25, 0.3) is 0 Å². The lowest BCUT2D eigenvalue weighted by atomic mass is 10.1. The lowest BCUT2D eigenvalue weighted by molar-refractivity contribution is 0.532. The fraction of sp³-hybridized carbons (Fsp3) is 1.00. The van der Waals surface area contributed by atoms with Crippen molar-refractivity contribution in [3.8, 4) is 0 Å². The third-order valence-corrected chi connectivity index (χ3v) is 5.56. The van der Waals surface area contributed by atoms with Crippen LogP contribution in [-0.2, 0) is 0 Å². The van der Waals surface area contributed by atoms with Gasteiger partial charge in [-0.25, -0.2) is 0 Å². The monoisotopic (exact) mass is 254 g/mol. The molecule has 0 aliphatic heterocycles. The molecule has 0 aromatic heterocycles. The van der Waals surface area contributed by atoms with Gasteiger partial charge >= 0.3 is 0 Å². The maximum atomic E-state index is 2.34. The third-order valence-electron chi connectivity index (χ3n) is 3.56. The van der Waals surface area contributed by atoms with Crippen LogP contribution in [0.5, 0.6) is 0 Å². The summed E-state index contributed by atoms with van der Waals surface area (Å²) in [6, 6.07) is 0. The summed E-state index contributed by atoms with van der Waals surface area (Å²) in [5.74, 6) is 1.82. The Kier molecular flexibility index (Phi) is 13.4. The summed E-state index contributed by atoms with van der Waals surface area (Å²) in [5.41, 5.74) is 0. The molecule has 102 valence electrons. The molecular formula is C16H35Al. The van der Waals surface area contributed by atoms with E-state index in [4.69, 9.17) is 0 Å². The Labute approximate surface area is 117 Å². The van der Waals surface area contributed by atoms with Crippen LogP contribution in [0.25, 0.3) is 0 Å². The molecular weight excluding hydrogens is 219 g/mol. The van der Waals surface area contributed by atoms with Gasteiger partial charge in [-0.2, -0.15) is 0 Å². The molecule has 0 aromatic carbocycles. The molecule has 0 radical (unpaired) electrons. The molecule has 0 nitrogen and oxygen atoms in total. The van der Waals surface area contributed by atoms with Crippen LogP contribution in [0.15, 0.2) is 0 Å². The van der Waals surface area contributed by atoms with Crippen LogP contribution in [0.2, 0.25) is 10.6 Å². The first-order valence-electron chi connectivity index (χ1n) is 8.13. The van der Waals surface area contributed by atoms with Crippen LogP contribution in [0, 0.1) is 11.8 Å². The highest BCUT2D eigenvalue weighted by Gasteiger charge is 1.98. The first kappa shape index (κ1) is 17.5. The van der Waals surface area contributed by atoms with Crippen LogP contribution in [-0.4, -0.2) is 15.2 Å². The SMILES string of the molecule is CC(C)CCCC[CH2][AlH][CH2]CCCCC(C)C. The summed E-state index contributed by atoms with van der Waals surface area (Å²) in [5, 5.41) is 3.23. The molecule has 0 aromatic rings. The van der Waals surface area contributed by atoms with Crippen molar-refractivity contribution in [1.82, 2.24) is 0 Å². The second kappa shape index (κ2) is 13.0. The summed E-state index contributed by atoms with van der Waals surface area (Å²) in [6.07, 6.45) is 11.9. The molecule has 0 saturated heterocycles. The molecule has 0 aliphatic carbocycles. The summed E-state index contributed by atoms with van der Waals surface area (Å²) in [4.78, 5) is 0. The highest BCUT2D eigenvalue weighted by molar-refractivity contribution is 6.35. The molecule has 0 unspecified atom stereocenters. The van der Waals surface area contributed by atoms with Gasteiger partial charge in [-0.05, 0) is 11.8 Å². The molecule has 1 heteroatoms. The molecule has 0 saturated carbocycles. The third kappa shape index (κ3) is 16.5. The van der Waals surface area contributed by atoms with Crippen molar-refractivity contribution in [3.63, 3.8) is 0 Å². The molecule has 0 aliphatic rings. The van der Waals surface area contributed by atoms with Gasteiger partial charge in [0.05, 0.1) is 0 Å². The topological polar surface area (TPSA) is 0 Å². The molecule has 0 atom stereocenters. The lowest BCUT2D eigenvalue weighted by Gasteiger charge is -2.04. The van der Waals surface area contributed by atoms with Gasteiger partial charge in [0, 0.05) is 0 Å². The van der Waals surface area contributed by atoms with Crippen LogP contribution < -0.4 is 0 Å². The maximum absolute atomic E-state index is 2.34. The molecule has 0 heterocycles. The van der Waals surface area contributed by atoms with Gasteiger partial charge in [-0.15, -0.1) is 0 Å². The summed E-state index contributed by atoms with van der Waals surface area (Å²) in [7, 11) is 0. The van der Waals surface area contributed by atoms with Crippen molar-refractivity contribution < 1.29 is 0 Å². The van der Waals surface area contributed by atoms with E-state index in [1.165, 1.54) is 51.4 Å². The molecule has 0 N–H and O–H groups in total. The quantitative estimate of drug-likeness (QED) is 0.310. The number of rotatable bonds is 12. The highest BCUT2D eigenvalue weighted by Crippen LogP contribution is 2.12. The molecule has 17 heavy (non-hydrogen) atoms. The van der Waals surface area contributed by atoms with E-state index < -0.39 is 0 Å². The van der Waals surface area contributed by atoms with Crippen LogP contribution in [0.1, 0.15) is 79.1 Å². The fourth-order valence-electron chi connectivity index (χ4n) is 2.34. The smallest absolute Gasteiger partial charge is 0.0972 e. The second-order valence-electron chi connectivity index (χ2n) is 6.55. The van der Waals surface area contributed by atoms with Crippen molar-refractivity contribution in [2.75, 3.05) is 0 Å². The van der Waals surface area contributed by atoms with Gasteiger partial charge < -0.3 is 0 Å². The second-order valence-corrected chi connectivity index (χ2v) is 8.67. The van der Waals surface area contributed by atoms with E-state index in [0.29, 0.717) is 15.2 Å². The summed E-state index contributed by atoms with van der Waals surface area (Å²) < 4.78 is 0. The highest BCUT2D eigenvalue weighted by atomic mass is 27.1. The van der Waals surface area contributed by atoms with E-state index in [-0.39, 0.29) is 0 Å². The fourth-order valence-corrected chi connectivity index (χ4v) is 4.11. The van der Waals surface area contributed by atoms with E-state index in [9.17, 15) is 0 Å². The normalized spacial score (nSPS) is 11.4. The Hall–Kier alpha value is 0.532. The Balaban J connectivity index is 2.94. The van der Waals surface area contributed by atoms with Crippen molar-refractivity contribution in [3.05, 3.63) is 0 Å². The van der Waals surface area contributed by atoms with Crippen molar-refractivity contribution in [2.24, 2.45) is 11.8 Å². The Morgan fingerprint density at radius 3 is 1.35 bits per heavy atom. The standard InChI is InChI=1S/2C8H17.Al.H/c2*1-4-5-6-7-8(2)3;;/h2*8H,1,4-7H2,2-3H3;;. The Morgan fingerprint density at radius 2 is 1.00 bits per heavy atom. The first-order chi connectivity index (χ1) is 8.13. The first-order valence-corrected chi connectivity index (χ1v) is 10.1. The van der Waals surface area contributed by atoms with Gasteiger partial charge in [-0.1, -0.05) is 89.6 Å². The van der Waals surface area contributed by atoms with E-state index in [0.717, 1.165) is 11.8 Å². The Bertz CT molecular complexity index is 124. The van der Waals surface area contributed by atoms with Gasteiger partial charge in [0.2, 0.25) is 15.2 Å². The minimum atomic E-state index is 0.317. The average Bonchev–Trinajstić information content (AvgIpc) is 2.25. The van der Waals surface area contributed by atoms with Crippen LogP contribution >= 0.6 is 0 Å². The van der Waals surface area contributed by atoms with Crippen molar-refractivity contribution in [2.45, 2.75) is 89.6 Å². The number of hydrogen-bond donors (Lipinski definition) is 0. The van der Waals surface area contributed by atoms with E-state index in [1.807, 2.05) is 0 Å². The van der Waals surface area contributed by atoms with Gasteiger partial charge in [-0.3, -0.25) is 0 Å². The Morgan fingerprint density at radius 1 is 0.588 bits per heavy atom. The van der Waals surface area contributed by atoms with E-state index in [2.05, 4.69) is 27.7 Å². The van der Waals surface area contributed by atoms with Gasteiger partial charge in [0.15, 0.2) is 0 Å². The number of unbranched alkanes of at least 4 members (excludes halogenated alkanes) is 4. The number of hydrogen-bond acceptors (Lipinski definition) is 0. The molecule has 0 rings (SSSR count). The predicted octanol–water partition coefficient (Wildman–Crippen LogP) is 5.69. The predicted molar refractivity (Wildman–Crippen MR) is 83.4 cm³/mol. The van der Waals surface area contributed by atoms with Crippen molar-refractivity contribution in [1.29, 1.82) is 0 Å². The molecule has 0 bridgehead atoms. The minimum Gasteiger partial charge on any atom is -0.0972 e. The van der Waals surface area contributed by atoms with E-state index in [1.54, 1.807) is 10.6 Å². The van der Waals surface area contributed by atoms with Crippen LogP contribution in [0.3, 0.4) is 0 Å². The summed E-state index contributed by atoms with van der Waals surface area (Å²) in [6.45, 7) is 9.36. The molecule has 0 fully saturated rings. The van der Waals surface area contributed by atoms with Crippen molar-refractivity contribution >= 4 is 15.2 Å². The largest absolute Gasteiger partial charge is 0.236 e. The maximum Gasteiger partial charge on any atom is 0.236 e. The van der Waals surface area contributed by atoms with Gasteiger partial charge in [0.1, 0.15) is 0 Å². The molecule has 0 spiro atoms. The zero-order valence-electron chi connectivity index (χ0n) is 12.9. The average molecular weight is 254 g/mol. The van der Waals surface area contributed by atoms with Crippen LogP contribution in [0.4, 0.5) is 0 Å². The lowest BCUT2D eigenvalue weighted by Crippen LogP contribution is -1.92.